The fraction of sp³-hybridized carbons (Fsp3) is 0.556. The summed E-state index contributed by atoms with van der Waals surface area (Å²) in [5.41, 5.74) is 0.218. The molecule has 0 heterocycles. The van der Waals surface area contributed by atoms with Gasteiger partial charge in [-0.25, -0.2) is 0 Å². The fourth-order valence-corrected chi connectivity index (χ4v) is 1.76. The maximum absolute atomic E-state index is 12.0. The van der Waals surface area contributed by atoms with Gasteiger partial charge in [0, 0.05) is 27.4 Å². The van der Waals surface area contributed by atoms with E-state index in [1.165, 1.54) is 25.1 Å². The van der Waals surface area contributed by atoms with Gasteiger partial charge in [0.2, 0.25) is 5.91 Å². The molecule has 134 valence electrons. The smallest absolute Gasteiger partial charge is 0.224 e. The normalized spacial score (nSPS) is 17.7. The molecular weight excluding hydrogens is 308 g/mol. The van der Waals surface area contributed by atoms with Crippen LogP contribution in [0.5, 0.6) is 5.75 Å². The number of carbonyl (C=O) groups excluding carboxylic acids is 2. The standard InChI is InChI=1S/C18H28N2O4/c1-5-6-18(23)20-14-7-8-17(16(9-14)13(4)21)24-11-15(22)10-19-12(2)3/h7-9,12,15,19,22H,5-6,10-11H2,1-4H3,(H,20,23)/i10D2,11D2,15D. The lowest BCUT2D eigenvalue weighted by Gasteiger charge is -2.17. The molecule has 24 heavy (non-hydrogen) atoms. The Morgan fingerprint density at radius 2 is 2.12 bits per heavy atom. The zero-order valence-electron chi connectivity index (χ0n) is 19.4. The van der Waals surface area contributed by atoms with E-state index >= 15 is 0 Å². The lowest BCUT2D eigenvalue weighted by atomic mass is 10.1. The predicted molar refractivity (Wildman–Crippen MR) is 94.6 cm³/mol. The number of Topliss-reactive ketones (excluding diaryl/α,β-unsaturated/α-hetero) is 1. The van der Waals surface area contributed by atoms with Crippen molar-refractivity contribution < 1.29 is 26.3 Å². The molecule has 1 amide bonds. The Bertz CT molecular complexity index is 754. The molecule has 0 fully saturated rings. The first kappa shape index (κ1) is 13.4. The van der Waals surface area contributed by atoms with Crippen molar-refractivity contribution in [2.75, 3.05) is 18.4 Å². The Labute approximate surface area is 150 Å². The molecule has 0 radical (unpaired) electrons. The minimum Gasteiger partial charge on any atom is -0.490 e. The highest BCUT2D eigenvalue weighted by atomic mass is 16.5. The van der Waals surface area contributed by atoms with E-state index in [2.05, 4.69) is 10.6 Å². The molecule has 0 spiro atoms. The van der Waals surface area contributed by atoms with Gasteiger partial charge in [0.25, 0.3) is 0 Å². The average molecular weight is 341 g/mol. The summed E-state index contributed by atoms with van der Waals surface area (Å²) < 4.78 is 44.7. The van der Waals surface area contributed by atoms with Gasteiger partial charge in [-0.2, -0.15) is 0 Å². The lowest BCUT2D eigenvalue weighted by Crippen LogP contribution is -2.35. The van der Waals surface area contributed by atoms with Crippen molar-refractivity contribution in [3.63, 3.8) is 0 Å². The number of aliphatic hydroxyl groups is 1. The van der Waals surface area contributed by atoms with E-state index in [0.29, 0.717) is 18.5 Å². The number of anilines is 1. The molecular formula is C18H28N2O4. The Balaban J connectivity index is 3.23. The van der Waals surface area contributed by atoms with Crippen LogP contribution < -0.4 is 15.4 Å². The summed E-state index contributed by atoms with van der Waals surface area (Å²) in [6, 6.07) is 3.41. The minimum absolute atomic E-state index is 0.0867. The second kappa shape index (κ2) is 10.1. The lowest BCUT2D eigenvalue weighted by molar-refractivity contribution is -0.116. The highest BCUT2D eigenvalue weighted by molar-refractivity contribution is 5.99. The van der Waals surface area contributed by atoms with Crippen LogP contribution in [-0.4, -0.2) is 42.0 Å². The molecule has 1 atom stereocenters. The molecule has 0 aromatic heterocycles. The number of ketones is 1. The molecule has 1 unspecified atom stereocenters. The average Bonchev–Trinajstić information content (AvgIpc) is 2.54. The van der Waals surface area contributed by atoms with Crippen molar-refractivity contribution in [3.05, 3.63) is 23.8 Å². The van der Waals surface area contributed by atoms with Crippen LogP contribution in [0.2, 0.25) is 0 Å². The van der Waals surface area contributed by atoms with Crippen LogP contribution in [0, 0.1) is 0 Å². The molecule has 1 rings (SSSR count). The maximum atomic E-state index is 12.0. The summed E-state index contributed by atoms with van der Waals surface area (Å²) in [6.45, 7) is 0.106. The van der Waals surface area contributed by atoms with Crippen molar-refractivity contribution in [3.8, 4) is 5.75 Å². The summed E-state index contributed by atoms with van der Waals surface area (Å²) in [5.74, 6) is -1.04. The third-order valence-corrected chi connectivity index (χ3v) is 2.86. The predicted octanol–water partition coefficient (Wildman–Crippen LogP) is 2.37. The Hall–Kier alpha value is -1.92. The fourth-order valence-electron chi connectivity index (χ4n) is 1.76. The van der Waals surface area contributed by atoms with Gasteiger partial charge in [0.1, 0.15) is 18.4 Å². The van der Waals surface area contributed by atoms with E-state index in [9.17, 15) is 14.7 Å². The zero-order chi connectivity index (χ0) is 22.6. The molecule has 3 N–H and O–H groups in total. The number of benzene rings is 1. The van der Waals surface area contributed by atoms with Gasteiger partial charge < -0.3 is 20.5 Å². The van der Waals surface area contributed by atoms with Gasteiger partial charge in [-0.15, -0.1) is 0 Å². The Morgan fingerprint density at radius 1 is 1.42 bits per heavy atom. The molecule has 0 bridgehead atoms. The van der Waals surface area contributed by atoms with Crippen molar-refractivity contribution in [2.24, 2.45) is 0 Å². The van der Waals surface area contributed by atoms with Crippen LogP contribution in [0.4, 0.5) is 5.69 Å². The molecule has 0 aliphatic rings. The van der Waals surface area contributed by atoms with Crippen LogP contribution in [0.3, 0.4) is 0 Å². The van der Waals surface area contributed by atoms with Crippen molar-refractivity contribution in [1.29, 1.82) is 0 Å². The van der Waals surface area contributed by atoms with Crippen LogP contribution in [0.15, 0.2) is 18.2 Å². The molecule has 0 aliphatic heterocycles. The molecule has 6 heteroatoms. The maximum Gasteiger partial charge on any atom is 0.224 e. The summed E-state index contributed by atoms with van der Waals surface area (Å²) in [7, 11) is 0. The summed E-state index contributed by atoms with van der Waals surface area (Å²) in [6.07, 6.45) is -2.42. The minimum atomic E-state index is -3.35. The SMILES string of the molecule is [2H]C([2H])(NC(C)C)C([2H])(O)C([2H])([2H])Oc1ccc(NC(=O)CCC)cc1C(C)=O. The summed E-state index contributed by atoms with van der Waals surface area (Å²) in [5, 5.41) is 15.2. The Kier molecular flexibility index (Phi) is 5.60. The van der Waals surface area contributed by atoms with Crippen molar-refractivity contribution >= 4 is 17.4 Å². The second-order valence-electron chi connectivity index (χ2n) is 5.54. The second-order valence-corrected chi connectivity index (χ2v) is 5.54. The molecule has 1 aromatic rings. The molecule has 0 saturated heterocycles. The van der Waals surface area contributed by atoms with Gasteiger partial charge in [-0.3, -0.25) is 9.59 Å². The van der Waals surface area contributed by atoms with Gasteiger partial charge in [0.05, 0.1) is 9.68 Å². The van der Waals surface area contributed by atoms with Gasteiger partial charge in [0.15, 0.2) is 5.78 Å². The van der Waals surface area contributed by atoms with E-state index in [4.69, 9.17) is 11.6 Å². The molecule has 6 nitrogen and oxygen atoms in total. The van der Waals surface area contributed by atoms with E-state index in [-0.39, 0.29) is 17.2 Å². The number of amides is 1. The first-order valence-electron chi connectivity index (χ1n) is 10.3. The summed E-state index contributed by atoms with van der Waals surface area (Å²) in [4.78, 5) is 23.7. The molecule has 0 aliphatic carbocycles. The van der Waals surface area contributed by atoms with Gasteiger partial charge in [-0.1, -0.05) is 20.8 Å². The van der Waals surface area contributed by atoms with Crippen LogP contribution in [-0.2, 0) is 4.79 Å². The third kappa shape index (κ3) is 7.10. The zero-order valence-corrected chi connectivity index (χ0v) is 14.4. The third-order valence-electron chi connectivity index (χ3n) is 2.86. The van der Waals surface area contributed by atoms with Crippen molar-refractivity contribution in [1.82, 2.24) is 5.32 Å². The number of carbonyl (C=O) groups is 2. The number of hydrogen-bond donors (Lipinski definition) is 3. The summed E-state index contributed by atoms with van der Waals surface area (Å²) >= 11 is 0. The topological polar surface area (TPSA) is 87.7 Å². The van der Waals surface area contributed by atoms with E-state index in [1.54, 1.807) is 13.8 Å². The van der Waals surface area contributed by atoms with E-state index < -0.39 is 31.0 Å². The van der Waals surface area contributed by atoms with Crippen LogP contribution in [0.1, 0.15) is 57.7 Å². The van der Waals surface area contributed by atoms with E-state index in [1.807, 2.05) is 6.92 Å². The van der Waals surface area contributed by atoms with Gasteiger partial charge in [-0.05, 0) is 31.5 Å². The number of nitrogens with one attached hydrogen (secondary N) is 2. The number of hydrogen-bond acceptors (Lipinski definition) is 5. The van der Waals surface area contributed by atoms with Crippen LogP contribution >= 0.6 is 0 Å². The molecule has 0 saturated carbocycles. The first-order valence-corrected chi connectivity index (χ1v) is 7.78. The number of rotatable bonds is 10. The first-order chi connectivity index (χ1) is 13.1. The Morgan fingerprint density at radius 3 is 2.71 bits per heavy atom. The number of ether oxygens (including phenoxy) is 1. The van der Waals surface area contributed by atoms with E-state index in [0.717, 1.165) is 0 Å². The monoisotopic (exact) mass is 341 g/mol. The highest BCUT2D eigenvalue weighted by Crippen LogP contribution is 2.24. The van der Waals surface area contributed by atoms with Gasteiger partial charge >= 0.3 is 0 Å². The largest absolute Gasteiger partial charge is 0.490 e. The highest BCUT2D eigenvalue weighted by Gasteiger charge is 2.13. The molecule has 1 aromatic carbocycles. The van der Waals surface area contributed by atoms with Crippen molar-refractivity contribution in [2.45, 2.75) is 52.7 Å². The quantitative estimate of drug-likeness (QED) is 0.569. The van der Waals surface area contributed by atoms with Crippen LogP contribution in [0.25, 0.3) is 0 Å².